The first-order valence-electron chi connectivity index (χ1n) is 3.59. The van der Waals surface area contributed by atoms with E-state index in [-0.39, 0.29) is 0 Å². The molecule has 1 atom stereocenters. The van der Waals surface area contributed by atoms with Gasteiger partial charge in [0.15, 0.2) is 5.82 Å². The van der Waals surface area contributed by atoms with Gasteiger partial charge >= 0.3 is 8.03 Å². The summed E-state index contributed by atoms with van der Waals surface area (Å²) in [5.74, 6) is 1.35. The first-order chi connectivity index (χ1) is 4.77. The highest BCUT2D eigenvalue weighted by atomic mass is 31.1. The number of unbranched alkanes of at least 4 members (excludes halogenated alkanes) is 3. The molecule has 1 unspecified atom stereocenters. The van der Waals surface area contributed by atoms with Crippen LogP contribution in [-0.2, 0) is 4.57 Å². The Labute approximate surface area is 62.8 Å². The molecule has 1 N–H and O–H groups in total. The lowest BCUT2D eigenvalue weighted by Crippen LogP contribution is -1.69. The molecule has 2 nitrogen and oxygen atoms in total. The molecule has 0 aliphatic rings. The van der Waals surface area contributed by atoms with Crippen LogP contribution in [0.3, 0.4) is 0 Å². The maximum Gasteiger partial charge on any atom is 0.537 e. The zero-order valence-corrected chi connectivity index (χ0v) is 7.18. The van der Waals surface area contributed by atoms with Gasteiger partial charge in [0.25, 0.3) is 0 Å². The van der Waals surface area contributed by atoms with Gasteiger partial charge in [-0.15, -0.1) is 0 Å². The van der Waals surface area contributed by atoms with Crippen molar-refractivity contribution in [2.45, 2.75) is 32.6 Å². The van der Waals surface area contributed by atoms with Gasteiger partial charge in [0.1, 0.15) is 0 Å². The number of hydrogen-bond acceptors (Lipinski definition) is 1. The molecular formula is C7H14O2P+. The van der Waals surface area contributed by atoms with E-state index in [4.69, 9.17) is 4.89 Å². The van der Waals surface area contributed by atoms with Gasteiger partial charge in [-0.1, -0.05) is 19.8 Å². The van der Waals surface area contributed by atoms with Crippen molar-refractivity contribution in [3.63, 3.8) is 0 Å². The highest BCUT2D eigenvalue weighted by molar-refractivity contribution is 7.41. The predicted molar refractivity (Wildman–Crippen MR) is 43.1 cm³/mol. The molecule has 0 bridgehead atoms. The van der Waals surface area contributed by atoms with E-state index in [0.29, 0.717) is 0 Å². The maximum atomic E-state index is 10.1. The topological polar surface area (TPSA) is 37.3 Å². The summed E-state index contributed by atoms with van der Waals surface area (Å²) in [5, 5.41) is 0. The summed E-state index contributed by atoms with van der Waals surface area (Å²) in [4.78, 5) is 8.33. The molecule has 0 aromatic carbocycles. The third kappa shape index (κ3) is 7.80. The van der Waals surface area contributed by atoms with Crippen LogP contribution in [0.4, 0.5) is 0 Å². The van der Waals surface area contributed by atoms with Crippen molar-refractivity contribution in [1.82, 2.24) is 0 Å². The van der Waals surface area contributed by atoms with Crippen LogP contribution >= 0.6 is 8.03 Å². The summed E-state index contributed by atoms with van der Waals surface area (Å²) in [6, 6.07) is 0. The van der Waals surface area contributed by atoms with Gasteiger partial charge in [-0.25, -0.2) is 0 Å². The molecule has 0 aliphatic heterocycles. The van der Waals surface area contributed by atoms with Crippen molar-refractivity contribution in [1.29, 1.82) is 0 Å². The normalized spacial score (nSPS) is 12.4. The van der Waals surface area contributed by atoms with Crippen LogP contribution in [0.2, 0.25) is 0 Å². The smallest absolute Gasteiger partial charge is 0.157 e. The summed E-state index contributed by atoms with van der Waals surface area (Å²) in [6.45, 7) is 2.14. The van der Waals surface area contributed by atoms with E-state index < -0.39 is 8.03 Å². The fourth-order valence-corrected chi connectivity index (χ4v) is 1.01. The lowest BCUT2D eigenvalue weighted by atomic mass is 10.2. The summed E-state index contributed by atoms with van der Waals surface area (Å²) in [5.41, 5.74) is 0. The molecular weight excluding hydrogens is 147 g/mol. The lowest BCUT2D eigenvalue weighted by molar-refractivity contribution is 0.512. The van der Waals surface area contributed by atoms with Gasteiger partial charge < -0.3 is 0 Å². The van der Waals surface area contributed by atoms with Crippen LogP contribution in [0.15, 0.2) is 11.9 Å². The summed E-state index contributed by atoms with van der Waals surface area (Å²) < 4.78 is 10.1. The van der Waals surface area contributed by atoms with Crippen molar-refractivity contribution in [3.8, 4) is 0 Å². The summed E-state index contributed by atoms with van der Waals surface area (Å²) in [7, 11) is -2.05. The third-order valence-corrected chi connectivity index (χ3v) is 1.67. The minimum Gasteiger partial charge on any atom is -0.157 e. The van der Waals surface area contributed by atoms with E-state index in [9.17, 15) is 4.57 Å². The molecule has 0 amide bonds. The minimum absolute atomic E-state index is 0.926. The first kappa shape index (κ1) is 9.80. The van der Waals surface area contributed by atoms with Gasteiger partial charge in [0.2, 0.25) is 0 Å². The summed E-state index contributed by atoms with van der Waals surface area (Å²) >= 11 is 0. The first-order valence-corrected chi connectivity index (χ1v) is 4.87. The molecule has 10 heavy (non-hydrogen) atoms. The average molecular weight is 161 g/mol. The fraction of sp³-hybridized carbons (Fsp3) is 0.714. The predicted octanol–water partition coefficient (Wildman–Crippen LogP) is 2.82. The second-order valence-corrected chi connectivity index (χ2v) is 3.09. The van der Waals surface area contributed by atoms with Crippen molar-refractivity contribution < 1.29 is 9.46 Å². The highest BCUT2D eigenvalue weighted by Crippen LogP contribution is 2.14. The molecule has 0 spiro atoms. The summed E-state index contributed by atoms with van der Waals surface area (Å²) in [6.07, 6.45) is 6.21. The minimum atomic E-state index is -2.05. The van der Waals surface area contributed by atoms with Crippen molar-refractivity contribution >= 4 is 8.03 Å². The van der Waals surface area contributed by atoms with E-state index in [2.05, 4.69) is 6.92 Å². The lowest BCUT2D eigenvalue weighted by Gasteiger charge is -1.87. The Balaban J connectivity index is 3.10. The zero-order valence-electron chi connectivity index (χ0n) is 6.29. The van der Waals surface area contributed by atoms with Crippen molar-refractivity contribution in [3.05, 3.63) is 11.9 Å². The third-order valence-electron chi connectivity index (χ3n) is 1.21. The Morgan fingerprint density at radius 1 is 1.50 bits per heavy atom. The average Bonchev–Trinajstić information content (AvgIpc) is 1.87. The molecule has 58 valence electrons. The monoisotopic (exact) mass is 161 g/mol. The van der Waals surface area contributed by atoms with E-state index in [0.717, 1.165) is 12.8 Å². The van der Waals surface area contributed by atoms with E-state index in [1.165, 1.54) is 18.7 Å². The molecule has 0 radical (unpaired) electrons. The van der Waals surface area contributed by atoms with Crippen LogP contribution in [0.1, 0.15) is 32.6 Å². The molecule has 0 heterocycles. The highest BCUT2D eigenvalue weighted by Gasteiger charge is 1.98. The Bertz CT molecular complexity index is 121. The standard InChI is InChI=1S/C7H13O2P/c1-2-3-4-5-6-7-10(8)9/h6-7H,2-5H2,1H3/p+1/b7-6+. The van der Waals surface area contributed by atoms with Gasteiger partial charge in [-0.05, 0) is 23.5 Å². The maximum absolute atomic E-state index is 10.1. The van der Waals surface area contributed by atoms with Gasteiger partial charge in [-0.3, -0.25) is 0 Å². The Morgan fingerprint density at radius 3 is 2.70 bits per heavy atom. The van der Waals surface area contributed by atoms with Crippen LogP contribution < -0.4 is 0 Å². The molecule has 0 aromatic rings. The Morgan fingerprint density at radius 2 is 2.20 bits per heavy atom. The number of allylic oxidation sites excluding steroid dienone is 1. The van der Waals surface area contributed by atoms with Crippen molar-refractivity contribution in [2.75, 3.05) is 0 Å². The van der Waals surface area contributed by atoms with Crippen molar-refractivity contribution in [2.24, 2.45) is 0 Å². The molecule has 0 saturated carbocycles. The van der Waals surface area contributed by atoms with E-state index in [1.54, 1.807) is 6.08 Å². The zero-order chi connectivity index (χ0) is 7.82. The molecule has 3 heteroatoms. The van der Waals surface area contributed by atoms with Crippen LogP contribution in [0.5, 0.6) is 0 Å². The molecule has 0 aliphatic carbocycles. The molecule has 0 saturated heterocycles. The SMILES string of the molecule is CCCCC/C=C/[P+](=O)O. The number of rotatable bonds is 5. The second kappa shape index (κ2) is 6.91. The van der Waals surface area contributed by atoms with Crippen LogP contribution in [-0.4, -0.2) is 4.89 Å². The largest absolute Gasteiger partial charge is 0.537 e. The quantitative estimate of drug-likeness (QED) is 0.497. The molecule has 0 aromatic heterocycles. The van der Waals surface area contributed by atoms with Gasteiger partial charge in [0.05, 0.1) is 0 Å². The Kier molecular flexibility index (Phi) is 6.78. The van der Waals surface area contributed by atoms with Crippen LogP contribution in [0.25, 0.3) is 0 Å². The fourth-order valence-electron chi connectivity index (χ4n) is 0.677. The van der Waals surface area contributed by atoms with Gasteiger partial charge in [0, 0.05) is 0 Å². The Hall–Kier alpha value is -0.200. The number of hydrogen-bond donors (Lipinski definition) is 1. The van der Waals surface area contributed by atoms with E-state index >= 15 is 0 Å². The van der Waals surface area contributed by atoms with Crippen LogP contribution in [0, 0.1) is 0 Å². The molecule has 0 fully saturated rings. The van der Waals surface area contributed by atoms with Gasteiger partial charge in [-0.2, -0.15) is 4.89 Å². The molecule has 0 rings (SSSR count). The van der Waals surface area contributed by atoms with E-state index in [1.807, 2.05) is 0 Å². The second-order valence-electron chi connectivity index (χ2n) is 2.18.